The number of nitrogens with one attached hydrogen (secondary N) is 1. The minimum atomic E-state index is -0.458. The maximum Gasteiger partial charge on any atom is 0.410 e. The molecule has 30 heavy (non-hydrogen) atoms. The normalized spacial score (nSPS) is 12.7. The number of thiophene rings is 1. The van der Waals surface area contributed by atoms with E-state index in [0.717, 1.165) is 16.0 Å². The van der Waals surface area contributed by atoms with Gasteiger partial charge in [0.25, 0.3) is 5.91 Å². The fourth-order valence-corrected chi connectivity index (χ4v) is 4.55. The number of rotatable bonds is 4. The number of anilines is 1. The van der Waals surface area contributed by atoms with Gasteiger partial charge in [0.05, 0.1) is 18.7 Å². The Bertz CT molecular complexity index is 1130. The van der Waals surface area contributed by atoms with Gasteiger partial charge >= 0.3 is 6.09 Å². The van der Waals surface area contributed by atoms with Gasteiger partial charge in [-0.3, -0.25) is 4.79 Å². The lowest BCUT2D eigenvalue weighted by Gasteiger charge is -2.25. The number of aromatic nitrogens is 1. The van der Waals surface area contributed by atoms with E-state index in [0.29, 0.717) is 42.4 Å². The van der Waals surface area contributed by atoms with Gasteiger partial charge in [-0.1, -0.05) is 30.3 Å². The highest BCUT2D eigenvalue weighted by Gasteiger charge is 2.29. The SMILES string of the molecule is CCOC(=O)N1CCc2c(sc(NC(=O)c3ncoc3-c3ccccc3)c2C#N)C1. The molecule has 2 amide bonds. The molecule has 0 fully saturated rings. The van der Waals surface area contributed by atoms with E-state index in [1.54, 1.807) is 11.8 Å². The highest BCUT2D eigenvalue weighted by molar-refractivity contribution is 7.16. The summed E-state index contributed by atoms with van der Waals surface area (Å²) in [6.45, 7) is 2.88. The molecule has 9 heteroatoms. The van der Waals surface area contributed by atoms with Crippen LogP contribution in [0.1, 0.15) is 33.4 Å². The van der Waals surface area contributed by atoms with Crippen molar-refractivity contribution in [2.45, 2.75) is 19.9 Å². The van der Waals surface area contributed by atoms with Crippen molar-refractivity contribution in [3.8, 4) is 17.4 Å². The molecule has 3 aromatic rings. The second-order valence-electron chi connectivity index (χ2n) is 6.54. The number of hydrogen-bond acceptors (Lipinski definition) is 7. The van der Waals surface area contributed by atoms with Crippen LogP contribution in [0, 0.1) is 11.3 Å². The average molecular weight is 422 g/mol. The molecule has 0 aliphatic carbocycles. The van der Waals surface area contributed by atoms with Crippen LogP contribution in [0.15, 0.2) is 41.1 Å². The second-order valence-corrected chi connectivity index (χ2v) is 7.65. The van der Waals surface area contributed by atoms with Gasteiger partial charge in [0.2, 0.25) is 0 Å². The maximum atomic E-state index is 12.9. The third kappa shape index (κ3) is 3.65. The predicted molar refractivity (Wildman–Crippen MR) is 110 cm³/mol. The molecule has 1 N–H and O–H groups in total. The van der Waals surface area contributed by atoms with E-state index in [4.69, 9.17) is 9.15 Å². The number of carbonyl (C=O) groups excluding carboxylic acids is 2. The average Bonchev–Trinajstić information content (AvgIpc) is 3.38. The van der Waals surface area contributed by atoms with Crippen molar-refractivity contribution >= 4 is 28.3 Å². The number of carbonyl (C=O) groups is 2. The molecule has 152 valence electrons. The molecule has 4 rings (SSSR count). The number of amides is 2. The van der Waals surface area contributed by atoms with E-state index in [1.807, 2.05) is 30.3 Å². The Kier molecular flexibility index (Phi) is 5.50. The molecule has 1 aromatic carbocycles. The lowest BCUT2D eigenvalue weighted by molar-refractivity contribution is 0.101. The molecule has 1 aliphatic heterocycles. The summed E-state index contributed by atoms with van der Waals surface area (Å²) >= 11 is 1.29. The quantitative estimate of drug-likeness (QED) is 0.680. The lowest BCUT2D eigenvalue weighted by atomic mass is 10.0. The molecule has 0 unspecified atom stereocenters. The first-order valence-corrected chi connectivity index (χ1v) is 10.2. The molecular formula is C21H18N4O4S. The van der Waals surface area contributed by atoms with Crippen molar-refractivity contribution in [1.82, 2.24) is 9.88 Å². The van der Waals surface area contributed by atoms with E-state index in [9.17, 15) is 14.9 Å². The summed E-state index contributed by atoms with van der Waals surface area (Å²) in [6, 6.07) is 11.4. The summed E-state index contributed by atoms with van der Waals surface area (Å²) in [5.41, 5.74) is 2.17. The van der Waals surface area contributed by atoms with Gasteiger partial charge in [-0.05, 0) is 18.9 Å². The zero-order chi connectivity index (χ0) is 21.1. The van der Waals surface area contributed by atoms with Gasteiger partial charge in [0.15, 0.2) is 17.8 Å². The highest BCUT2D eigenvalue weighted by atomic mass is 32.1. The minimum absolute atomic E-state index is 0.143. The number of oxazole rings is 1. The molecular weight excluding hydrogens is 404 g/mol. The van der Waals surface area contributed by atoms with Crippen LogP contribution < -0.4 is 5.32 Å². The molecule has 0 atom stereocenters. The van der Waals surface area contributed by atoms with Gasteiger partial charge < -0.3 is 19.4 Å². The summed E-state index contributed by atoms with van der Waals surface area (Å²) < 4.78 is 10.5. The van der Waals surface area contributed by atoms with Gasteiger partial charge in [-0.2, -0.15) is 5.26 Å². The number of fused-ring (bicyclic) bond motifs is 1. The fourth-order valence-electron chi connectivity index (χ4n) is 3.35. The first-order chi connectivity index (χ1) is 14.6. The third-order valence-corrected chi connectivity index (χ3v) is 5.87. The third-order valence-electron chi connectivity index (χ3n) is 4.74. The topological polar surface area (TPSA) is 108 Å². The van der Waals surface area contributed by atoms with Crippen molar-refractivity contribution < 1.29 is 18.7 Å². The van der Waals surface area contributed by atoms with Crippen LogP contribution in [0.3, 0.4) is 0 Å². The van der Waals surface area contributed by atoms with Crippen LogP contribution in [0.5, 0.6) is 0 Å². The first-order valence-electron chi connectivity index (χ1n) is 9.39. The number of nitriles is 1. The van der Waals surface area contributed by atoms with Crippen molar-refractivity contribution in [3.63, 3.8) is 0 Å². The van der Waals surface area contributed by atoms with Crippen LogP contribution in [-0.2, 0) is 17.7 Å². The predicted octanol–water partition coefficient (Wildman–Crippen LogP) is 4.04. The molecule has 1 aliphatic rings. The molecule has 0 saturated heterocycles. The summed E-state index contributed by atoms with van der Waals surface area (Å²) in [7, 11) is 0. The van der Waals surface area contributed by atoms with Gasteiger partial charge in [0.1, 0.15) is 11.1 Å². The van der Waals surface area contributed by atoms with Crippen LogP contribution >= 0.6 is 11.3 Å². The fraction of sp³-hybridized carbons (Fsp3) is 0.238. The summed E-state index contributed by atoms with van der Waals surface area (Å²) in [5.74, 6) is -0.0960. The second kappa shape index (κ2) is 8.39. The van der Waals surface area contributed by atoms with Crippen LogP contribution in [0.2, 0.25) is 0 Å². The zero-order valence-electron chi connectivity index (χ0n) is 16.2. The molecule has 0 spiro atoms. The van der Waals surface area contributed by atoms with E-state index in [2.05, 4.69) is 16.4 Å². The Balaban J connectivity index is 1.58. The molecule has 0 saturated carbocycles. The summed E-state index contributed by atoms with van der Waals surface area (Å²) in [6.07, 6.45) is 1.37. The Morgan fingerprint density at radius 3 is 2.90 bits per heavy atom. The van der Waals surface area contributed by atoms with Crippen molar-refractivity contribution in [1.29, 1.82) is 5.26 Å². The van der Waals surface area contributed by atoms with Crippen LogP contribution in [0.4, 0.5) is 9.80 Å². The monoisotopic (exact) mass is 422 g/mol. The molecule has 0 radical (unpaired) electrons. The summed E-state index contributed by atoms with van der Waals surface area (Å²) in [4.78, 5) is 31.4. The Morgan fingerprint density at radius 2 is 2.17 bits per heavy atom. The van der Waals surface area contributed by atoms with Crippen LogP contribution in [0.25, 0.3) is 11.3 Å². The lowest BCUT2D eigenvalue weighted by Crippen LogP contribution is -2.35. The van der Waals surface area contributed by atoms with Crippen LogP contribution in [-0.4, -0.2) is 35.0 Å². The summed E-state index contributed by atoms with van der Waals surface area (Å²) in [5, 5.41) is 12.9. The Hall–Kier alpha value is -3.64. The Morgan fingerprint density at radius 1 is 1.37 bits per heavy atom. The molecule has 2 aromatic heterocycles. The number of nitrogens with zero attached hydrogens (tertiary/aromatic N) is 3. The Labute approximate surface area is 176 Å². The number of ether oxygens (including phenoxy) is 1. The van der Waals surface area contributed by atoms with E-state index in [1.165, 1.54) is 17.7 Å². The zero-order valence-corrected chi connectivity index (χ0v) is 17.0. The van der Waals surface area contributed by atoms with E-state index in [-0.39, 0.29) is 11.8 Å². The van der Waals surface area contributed by atoms with Gasteiger partial charge in [0, 0.05) is 17.0 Å². The molecule has 8 nitrogen and oxygen atoms in total. The van der Waals surface area contributed by atoms with E-state index < -0.39 is 5.91 Å². The number of benzene rings is 1. The van der Waals surface area contributed by atoms with Crippen molar-refractivity contribution in [2.75, 3.05) is 18.5 Å². The molecule has 0 bridgehead atoms. The van der Waals surface area contributed by atoms with E-state index >= 15 is 0 Å². The van der Waals surface area contributed by atoms with Crippen molar-refractivity contribution in [2.24, 2.45) is 0 Å². The smallest absolute Gasteiger partial charge is 0.410 e. The van der Waals surface area contributed by atoms with Gasteiger partial charge in [-0.25, -0.2) is 9.78 Å². The van der Waals surface area contributed by atoms with Gasteiger partial charge in [-0.15, -0.1) is 11.3 Å². The van der Waals surface area contributed by atoms with Crippen molar-refractivity contribution in [3.05, 3.63) is 58.4 Å². The first kappa shape index (κ1) is 19.7. The standard InChI is InChI=1S/C21H18N4O4S/c1-2-28-21(27)25-9-8-14-15(10-22)20(30-16(14)11-25)24-19(26)17-18(29-12-23-17)13-6-4-3-5-7-13/h3-7,12H,2,8-9,11H2,1H3,(H,24,26). The minimum Gasteiger partial charge on any atom is -0.450 e. The maximum absolute atomic E-state index is 12.9. The largest absolute Gasteiger partial charge is 0.450 e. The molecule has 3 heterocycles. The highest BCUT2D eigenvalue weighted by Crippen LogP contribution is 2.37. The number of hydrogen-bond donors (Lipinski definition) is 1.